The van der Waals surface area contributed by atoms with Gasteiger partial charge in [0.1, 0.15) is 0 Å². The summed E-state index contributed by atoms with van der Waals surface area (Å²) in [6.07, 6.45) is 0. The molecule has 0 rings (SSSR count). The summed E-state index contributed by atoms with van der Waals surface area (Å²) in [7, 11) is 0. The molecule has 0 saturated heterocycles. The van der Waals surface area contributed by atoms with Gasteiger partial charge in [-0.25, -0.2) is 0 Å². The van der Waals surface area contributed by atoms with Crippen LogP contribution in [-0.4, -0.2) is 0 Å². The summed E-state index contributed by atoms with van der Waals surface area (Å²) in [6, 6.07) is 0. The first kappa shape index (κ1) is 30.0. The third kappa shape index (κ3) is 118. The van der Waals surface area contributed by atoms with Crippen LogP contribution in [-0.2, 0) is 71.4 Å². The molecule has 0 aliphatic carbocycles. The van der Waals surface area contributed by atoms with Crippen LogP contribution in [0.5, 0.6) is 0 Å². The van der Waals surface area contributed by atoms with E-state index in [0.29, 0.717) is 0 Å². The summed E-state index contributed by atoms with van der Waals surface area (Å²) in [4.78, 5) is 0. The molecule has 0 bridgehead atoms. The Morgan fingerprint density at radius 2 is 1.11 bits per heavy atom. The van der Waals surface area contributed by atoms with Gasteiger partial charge in [-0.3, -0.25) is 0 Å². The topological polar surface area (TPSA) is 80.3 Å². The van der Waals surface area contributed by atoms with Crippen molar-refractivity contribution in [2.24, 2.45) is 0 Å². The van der Waals surface area contributed by atoms with Gasteiger partial charge < -0.3 is 0 Å². The van der Waals surface area contributed by atoms with Crippen molar-refractivity contribution in [1.29, 1.82) is 0 Å². The molecule has 0 N–H and O–H groups in total. The molecule has 1 radical (unpaired) electrons. The molecule has 0 fully saturated rings. The fourth-order valence-corrected chi connectivity index (χ4v) is 0. The van der Waals surface area contributed by atoms with Crippen LogP contribution < -0.4 is 37.9 Å². The van der Waals surface area contributed by atoms with Gasteiger partial charge in [-0.15, -0.1) is 0 Å². The fraction of sp³-hybridized carbons (Fsp3) is 0. The Morgan fingerprint density at radius 1 is 1.11 bits per heavy atom. The van der Waals surface area contributed by atoms with Crippen molar-refractivity contribution in [2.75, 3.05) is 0 Å². The predicted molar refractivity (Wildman–Crippen MR) is 1.37 cm³/mol. The minimum absolute atomic E-state index is 0. The molecule has 0 aromatic heterocycles. The third-order valence-corrected chi connectivity index (χ3v) is 0. The van der Waals surface area contributed by atoms with E-state index < -0.39 is 13.4 Å². The first-order chi connectivity index (χ1) is 2.00. The van der Waals surface area contributed by atoms with Gasteiger partial charge in [0, 0.05) is 0 Å². The Bertz CT molecular complexity index is 104. The second kappa shape index (κ2) is 13.2. The zero-order valence-corrected chi connectivity index (χ0v) is 10.3. The molecule has 0 atom stereocenters. The van der Waals surface area contributed by atoms with Crippen LogP contribution in [0.15, 0.2) is 0 Å². The monoisotopic (exact) mass is 315 g/mol. The zero-order chi connectivity index (χ0) is 4.50. The molecule has 0 aromatic rings. The van der Waals surface area contributed by atoms with Gasteiger partial charge in [0.25, 0.3) is 0 Å². The van der Waals surface area contributed by atoms with Crippen molar-refractivity contribution in [3.8, 4) is 0 Å². The van der Waals surface area contributed by atoms with Gasteiger partial charge in [-0.1, -0.05) is 0 Å². The molecule has 0 aliphatic heterocycles. The molecule has 0 unspecified atom stereocenters. The summed E-state index contributed by atoms with van der Waals surface area (Å²) < 4.78 is 34.3. The summed E-state index contributed by atoms with van der Waals surface area (Å²) in [5.74, 6) is 0. The molecular weight excluding hydrogens is 315 g/mol. The van der Waals surface area contributed by atoms with Crippen molar-refractivity contribution < 1.29 is 109 Å². The van der Waals surface area contributed by atoms with Crippen LogP contribution in [0.4, 0.5) is 0 Å². The number of hydrogen-bond acceptors (Lipinski definition) is 4. The normalized spacial score (nSPS) is 6.44. The van der Waals surface area contributed by atoms with E-state index in [0.717, 1.165) is 0 Å². The number of hydrogen-bond donors (Lipinski definition) is 0. The summed E-state index contributed by atoms with van der Waals surface area (Å²) in [6.45, 7) is 0. The van der Waals surface area contributed by atoms with Gasteiger partial charge in [-0.05, 0) is 0 Å². The van der Waals surface area contributed by atoms with E-state index in [1.54, 1.807) is 0 Å². The predicted octanol–water partition coefficient (Wildman–Crippen LogP) is -5.62. The second-order valence-electron chi connectivity index (χ2n) is 0.378. The summed E-state index contributed by atoms with van der Waals surface area (Å²) in [5, 5.41) is 0. The van der Waals surface area contributed by atoms with Gasteiger partial charge in [0.2, 0.25) is 0 Å². The van der Waals surface area contributed by atoms with Gasteiger partial charge in [0.05, 0.1) is 0 Å². The van der Waals surface area contributed by atoms with E-state index in [2.05, 4.69) is 0 Å². The molecule has 0 aromatic carbocycles. The van der Waals surface area contributed by atoms with E-state index >= 15 is 0 Å². The second-order valence-corrected chi connectivity index (χ2v) is 1.56. The van der Waals surface area contributed by atoms with E-state index in [4.69, 9.17) is 16.0 Å². The maximum absolute atomic E-state index is 8.58. The Labute approximate surface area is 108 Å². The van der Waals surface area contributed by atoms with Crippen LogP contribution in [0.2, 0.25) is 0 Å². The molecule has 4 nitrogen and oxygen atoms in total. The van der Waals surface area contributed by atoms with Crippen molar-refractivity contribution in [3.05, 3.63) is 0 Å². The van der Waals surface area contributed by atoms with Crippen molar-refractivity contribution in [1.82, 2.24) is 0 Å². The first-order valence-electron chi connectivity index (χ1n) is 0.617. The van der Waals surface area contributed by atoms with E-state index in [9.17, 15) is 0 Å². The Kier molecular flexibility index (Phi) is 43.8. The van der Waals surface area contributed by atoms with Crippen LogP contribution in [0.25, 0.3) is 0 Å². The zero-order valence-electron chi connectivity index (χ0n) is 4.01. The Morgan fingerprint density at radius 3 is 1.11 bits per heavy atom. The van der Waals surface area contributed by atoms with Gasteiger partial charge in [-0.2, -0.15) is 0 Å². The van der Waals surface area contributed by atoms with Crippen molar-refractivity contribution in [2.45, 2.75) is 0 Å². The standard InChI is InChI=1S/Co.Fe.Mn.Na.Ni.4O/q2*+2;;+1;+2;;;2*-1. The molecule has 0 spiro atoms. The first-order valence-corrected chi connectivity index (χ1v) is 2.54. The maximum atomic E-state index is 8.58. The molecule has 54 valence electrons. The molecule has 0 amide bonds. The molecule has 9 heteroatoms. The van der Waals surface area contributed by atoms with Crippen LogP contribution in [0.3, 0.4) is 0 Å². The average Bonchev–Trinajstić information content (AvgIpc) is 0.722. The van der Waals surface area contributed by atoms with Crippen molar-refractivity contribution >= 4 is 0 Å². The van der Waals surface area contributed by atoms with Crippen LogP contribution >= 0.6 is 0 Å². The van der Waals surface area contributed by atoms with Crippen LogP contribution in [0, 0.1) is 0 Å². The SMILES string of the molecule is [Co+2].[Fe+2].[Na+].[Ni+2].[O]=[Mn](=[O])([O-])[O-]. The quantitative estimate of drug-likeness (QED) is 0.418. The summed E-state index contributed by atoms with van der Waals surface area (Å²) in [5.41, 5.74) is 0. The third-order valence-electron chi connectivity index (χ3n) is 0. The van der Waals surface area contributed by atoms with Gasteiger partial charge in [0.15, 0.2) is 0 Å². The summed E-state index contributed by atoms with van der Waals surface area (Å²) >= 11 is -5.62. The van der Waals surface area contributed by atoms with E-state index in [1.165, 1.54) is 0 Å². The molecule has 0 aliphatic rings. The Hall–Kier alpha value is 2.56. The van der Waals surface area contributed by atoms with Gasteiger partial charge >= 0.3 is 109 Å². The fourth-order valence-electron chi connectivity index (χ4n) is 0. The molecule has 0 heterocycles. The van der Waals surface area contributed by atoms with Crippen molar-refractivity contribution in [3.63, 3.8) is 0 Å². The number of rotatable bonds is 0. The molecular formula is CoFeMnNaNiO4+5. The minimum atomic E-state index is -5.62. The van der Waals surface area contributed by atoms with E-state index in [1.807, 2.05) is 0 Å². The molecule has 0 saturated carbocycles. The van der Waals surface area contributed by atoms with Crippen LogP contribution in [0.1, 0.15) is 0 Å². The molecule has 9 heavy (non-hydrogen) atoms. The van der Waals surface area contributed by atoms with E-state index in [-0.39, 0.29) is 79.9 Å². The Balaban J connectivity index is -0.0000000133. The average molecular weight is 315 g/mol.